The Hall–Kier alpha value is -1.13. The number of rotatable bonds is 7. The highest BCUT2D eigenvalue weighted by molar-refractivity contribution is 6.73. The van der Waals surface area contributed by atoms with E-state index in [4.69, 9.17) is 0 Å². The highest BCUT2D eigenvalue weighted by atomic mass is 28.3. The minimum Gasteiger partial charge on any atom is -0.481 e. The summed E-state index contributed by atoms with van der Waals surface area (Å²) in [6.45, 7) is 10.9. The second kappa shape index (κ2) is 6.87. The maximum atomic E-state index is 11.4. The van der Waals surface area contributed by atoms with E-state index in [1.165, 1.54) is 0 Å². The Kier molecular flexibility index (Phi) is 5.75. The van der Waals surface area contributed by atoms with Crippen molar-refractivity contribution in [2.45, 2.75) is 38.9 Å². The minimum atomic E-state index is -1.35. The number of aliphatic carboxylic acids is 1. The Balaban J connectivity index is 2.74. The summed E-state index contributed by atoms with van der Waals surface area (Å²) in [5.74, 6) is -1.12. The molecule has 0 saturated carbocycles. The molecular weight excluding hydrogens is 254 g/mol. The Morgan fingerprint density at radius 1 is 1.26 bits per heavy atom. The summed E-state index contributed by atoms with van der Waals surface area (Å²) in [7, 11) is -1.35. The lowest BCUT2D eigenvalue weighted by molar-refractivity contribution is -0.139. The number of carboxylic acids is 1. The van der Waals surface area contributed by atoms with Crippen LogP contribution in [-0.2, 0) is 4.79 Å². The first-order chi connectivity index (χ1) is 8.86. The van der Waals surface area contributed by atoms with Crippen LogP contribution in [0.3, 0.4) is 0 Å². The summed E-state index contributed by atoms with van der Waals surface area (Å²) in [5.41, 5.74) is 0.904. The van der Waals surface area contributed by atoms with Gasteiger partial charge in [0.15, 0.2) is 0 Å². The third-order valence-corrected chi connectivity index (χ3v) is 5.96. The van der Waals surface area contributed by atoms with Crippen LogP contribution in [0.4, 0.5) is 0 Å². The van der Waals surface area contributed by atoms with Crippen molar-refractivity contribution in [1.82, 2.24) is 4.57 Å². The molecule has 106 valence electrons. The van der Waals surface area contributed by atoms with Gasteiger partial charge in [-0.05, 0) is 25.1 Å². The SMILES string of the molecule is CCN(CCC(C(=O)O)c1ccccc1)[Si](C)(C)C. The first kappa shape index (κ1) is 15.9. The van der Waals surface area contributed by atoms with Crippen LogP contribution in [0.5, 0.6) is 0 Å². The van der Waals surface area contributed by atoms with E-state index in [2.05, 4.69) is 31.1 Å². The smallest absolute Gasteiger partial charge is 0.311 e. The van der Waals surface area contributed by atoms with Gasteiger partial charge in [-0.25, -0.2) is 0 Å². The van der Waals surface area contributed by atoms with Gasteiger partial charge in [0.2, 0.25) is 0 Å². The Morgan fingerprint density at radius 3 is 2.26 bits per heavy atom. The van der Waals surface area contributed by atoms with Gasteiger partial charge in [-0.1, -0.05) is 56.9 Å². The fraction of sp³-hybridized carbons (Fsp3) is 0.533. The summed E-state index contributed by atoms with van der Waals surface area (Å²) >= 11 is 0. The van der Waals surface area contributed by atoms with Crippen molar-refractivity contribution in [3.05, 3.63) is 35.9 Å². The van der Waals surface area contributed by atoms with Crippen molar-refractivity contribution < 1.29 is 9.90 Å². The van der Waals surface area contributed by atoms with Crippen LogP contribution in [-0.4, -0.2) is 37.0 Å². The molecule has 0 aliphatic carbocycles. The number of hydrogen-bond donors (Lipinski definition) is 1. The van der Waals surface area contributed by atoms with Gasteiger partial charge in [-0.2, -0.15) is 0 Å². The predicted octanol–water partition coefficient (Wildman–Crippen LogP) is 3.40. The lowest BCUT2D eigenvalue weighted by atomic mass is 9.96. The van der Waals surface area contributed by atoms with Crippen molar-refractivity contribution >= 4 is 14.2 Å². The molecule has 0 saturated heterocycles. The molecule has 0 heterocycles. The molecule has 0 radical (unpaired) electrons. The number of carboxylic acid groups (broad SMARTS) is 1. The van der Waals surface area contributed by atoms with Gasteiger partial charge in [0.1, 0.15) is 8.24 Å². The molecule has 1 aromatic carbocycles. The van der Waals surface area contributed by atoms with Crippen LogP contribution in [0, 0.1) is 0 Å². The van der Waals surface area contributed by atoms with Gasteiger partial charge in [0, 0.05) is 0 Å². The van der Waals surface area contributed by atoms with Gasteiger partial charge in [-0.15, -0.1) is 0 Å². The topological polar surface area (TPSA) is 40.5 Å². The average molecular weight is 279 g/mol. The van der Waals surface area contributed by atoms with E-state index in [0.717, 1.165) is 18.7 Å². The standard InChI is InChI=1S/C15H25NO2Si/c1-5-16(19(2,3)4)12-11-14(15(17)18)13-9-7-6-8-10-13/h6-10,14H,5,11-12H2,1-4H3,(H,17,18). The van der Waals surface area contributed by atoms with Crippen molar-refractivity contribution in [2.75, 3.05) is 13.1 Å². The molecule has 0 aliphatic heterocycles. The molecular formula is C15H25NO2Si. The number of carbonyl (C=O) groups is 1. The van der Waals surface area contributed by atoms with Crippen molar-refractivity contribution in [2.24, 2.45) is 0 Å². The monoisotopic (exact) mass is 279 g/mol. The van der Waals surface area contributed by atoms with E-state index in [9.17, 15) is 9.90 Å². The average Bonchev–Trinajstić information content (AvgIpc) is 2.33. The predicted molar refractivity (Wildman–Crippen MR) is 82.0 cm³/mol. The van der Waals surface area contributed by atoms with Gasteiger partial charge in [0.05, 0.1) is 5.92 Å². The Labute approximate surface area is 117 Å². The van der Waals surface area contributed by atoms with E-state index < -0.39 is 20.1 Å². The van der Waals surface area contributed by atoms with Crippen LogP contribution in [0.1, 0.15) is 24.8 Å². The summed E-state index contributed by atoms with van der Waals surface area (Å²) in [6.07, 6.45) is 0.678. The highest BCUT2D eigenvalue weighted by Gasteiger charge is 2.25. The molecule has 4 heteroatoms. The lowest BCUT2D eigenvalue weighted by Gasteiger charge is -2.33. The summed E-state index contributed by atoms with van der Waals surface area (Å²) in [4.78, 5) is 11.4. The second-order valence-corrected chi connectivity index (χ2v) is 10.8. The fourth-order valence-electron chi connectivity index (χ4n) is 2.37. The molecule has 19 heavy (non-hydrogen) atoms. The Morgan fingerprint density at radius 2 is 1.84 bits per heavy atom. The van der Waals surface area contributed by atoms with Gasteiger partial charge in [0.25, 0.3) is 0 Å². The maximum Gasteiger partial charge on any atom is 0.311 e. The van der Waals surface area contributed by atoms with Crippen LogP contribution < -0.4 is 0 Å². The zero-order valence-corrected chi connectivity index (χ0v) is 13.4. The van der Waals surface area contributed by atoms with E-state index >= 15 is 0 Å². The van der Waals surface area contributed by atoms with Crippen LogP contribution in [0.15, 0.2) is 30.3 Å². The van der Waals surface area contributed by atoms with Gasteiger partial charge < -0.3 is 9.67 Å². The van der Waals surface area contributed by atoms with Crippen molar-refractivity contribution in [1.29, 1.82) is 0 Å². The Bertz CT molecular complexity index is 400. The molecule has 0 fully saturated rings. The highest BCUT2D eigenvalue weighted by Crippen LogP contribution is 2.21. The van der Waals surface area contributed by atoms with Crippen molar-refractivity contribution in [3.8, 4) is 0 Å². The molecule has 1 unspecified atom stereocenters. The molecule has 0 spiro atoms. The summed E-state index contributed by atoms with van der Waals surface area (Å²) in [5, 5.41) is 9.41. The second-order valence-electron chi connectivity index (χ2n) is 5.84. The quantitative estimate of drug-likeness (QED) is 0.778. The molecule has 0 bridgehead atoms. The third-order valence-electron chi connectivity index (χ3n) is 3.52. The molecule has 1 atom stereocenters. The van der Waals surface area contributed by atoms with E-state index in [0.29, 0.717) is 6.42 Å². The largest absolute Gasteiger partial charge is 0.481 e. The molecule has 1 N–H and O–H groups in total. The number of hydrogen-bond acceptors (Lipinski definition) is 2. The van der Waals surface area contributed by atoms with E-state index in [1.54, 1.807) is 0 Å². The maximum absolute atomic E-state index is 11.4. The molecule has 1 rings (SSSR count). The normalized spacial score (nSPS) is 13.5. The first-order valence-electron chi connectivity index (χ1n) is 6.89. The van der Waals surface area contributed by atoms with Gasteiger partial charge >= 0.3 is 5.97 Å². The minimum absolute atomic E-state index is 0.397. The zero-order valence-electron chi connectivity index (χ0n) is 12.4. The molecule has 0 aromatic heterocycles. The third kappa shape index (κ3) is 4.80. The molecule has 0 aliphatic rings. The lowest BCUT2D eigenvalue weighted by Crippen LogP contribution is -2.46. The summed E-state index contributed by atoms with van der Waals surface area (Å²) < 4.78 is 2.45. The van der Waals surface area contributed by atoms with Crippen LogP contribution in [0.25, 0.3) is 0 Å². The molecule has 3 nitrogen and oxygen atoms in total. The van der Waals surface area contributed by atoms with Gasteiger partial charge in [-0.3, -0.25) is 4.79 Å². The van der Waals surface area contributed by atoms with Crippen LogP contribution in [0.2, 0.25) is 19.6 Å². The fourth-order valence-corrected chi connectivity index (χ4v) is 4.12. The summed E-state index contributed by atoms with van der Waals surface area (Å²) in [6, 6.07) is 9.54. The van der Waals surface area contributed by atoms with Crippen molar-refractivity contribution in [3.63, 3.8) is 0 Å². The molecule has 1 aromatic rings. The number of benzene rings is 1. The zero-order chi connectivity index (χ0) is 14.5. The first-order valence-corrected chi connectivity index (χ1v) is 10.3. The van der Waals surface area contributed by atoms with Crippen LogP contribution >= 0.6 is 0 Å². The van der Waals surface area contributed by atoms with E-state index in [1.807, 2.05) is 30.3 Å². The van der Waals surface area contributed by atoms with E-state index in [-0.39, 0.29) is 0 Å². The number of nitrogens with zero attached hydrogens (tertiary/aromatic N) is 1. The molecule has 0 amide bonds.